The molecule has 0 saturated carbocycles. The van der Waals surface area contributed by atoms with Crippen LogP contribution in [0.25, 0.3) is 0 Å². The molecule has 2 heterocycles. The molecule has 0 spiro atoms. The average molecular weight is 224 g/mol. The predicted molar refractivity (Wildman–Crippen MR) is 57.2 cm³/mol. The number of hydrogen-bond acceptors (Lipinski definition) is 4. The van der Waals surface area contributed by atoms with Crippen LogP contribution in [0.5, 0.6) is 0 Å². The molecule has 1 atom stereocenters. The van der Waals surface area contributed by atoms with Crippen molar-refractivity contribution in [3.8, 4) is 0 Å². The largest absolute Gasteiger partial charge is 0.376 e. The van der Waals surface area contributed by atoms with Crippen molar-refractivity contribution in [3.05, 3.63) is 18.2 Å². The normalized spacial score (nSPS) is 20.9. The highest BCUT2D eigenvalue weighted by molar-refractivity contribution is 5.84. The fourth-order valence-corrected chi connectivity index (χ4v) is 1.74. The first-order valence-corrected chi connectivity index (χ1v) is 5.53. The molecule has 5 nitrogen and oxygen atoms in total. The first-order valence-electron chi connectivity index (χ1n) is 5.53. The molecule has 1 unspecified atom stereocenters. The van der Waals surface area contributed by atoms with E-state index in [9.17, 15) is 4.79 Å². The summed E-state index contributed by atoms with van der Waals surface area (Å²) in [5.74, 6) is 0.835. The Hall–Kier alpha value is -1.20. The zero-order valence-corrected chi connectivity index (χ0v) is 9.39. The van der Waals surface area contributed by atoms with E-state index in [2.05, 4.69) is 4.98 Å². The van der Waals surface area contributed by atoms with Crippen molar-refractivity contribution in [3.63, 3.8) is 0 Å². The minimum absolute atomic E-state index is 0.0422. The highest BCUT2D eigenvalue weighted by Crippen LogP contribution is 2.07. The van der Waals surface area contributed by atoms with Gasteiger partial charge < -0.3 is 14.0 Å². The molecule has 1 fully saturated rings. The van der Waals surface area contributed by atoms with Crippen LogP contribution in [0.4, 0.5) is 0 Å². The van der Waals surface area contributed by atoms with Crippen molar-refractivity contribution < 1.29 is 14.3 Å². The van der Waals surface area contributed by atoms with E-state index in [-0.39, 0.29) is 5.78 Å². The molecule has 0 bridgehead atoms. The van der Waals surface area contributed by atoms with Crippen LogP contribution < -0.4 is 0 Å². The van der Waals surface area contributed by atoms with Crippen LogP contribution >= 0.6 is 0 Å². The Labute approximate surface area is 94.4 Å². The van der Waals surface area contributed by atoms with Gasteiger partial charge in [-0.15, -0.1) is 0 Å². The van der Waals surface area contributed by atoms with E-state index in [1.54, 1.807) is 6.20 Å². The summed E-state index contributed by atoms with van der Waals surface area (Å²) in [5.41, 5.74) is 0. The lowest BCUT2D eigenvalue weighted by Gasteiger charge is -2.21. The molecule has 1 saturated heterocycles. The molecule has 0 amide bonds. The number of aryl methyl sites for hydroxylation is 1. The second-order valence-electron chi connectivity index (χ2n) is 3.71. The number of rotatable bonds is 4. The SMILES string of the molecule is CCn1ccnc1CC(=O)C1COCCO1. The Kier molecular flexibility index (Phi) is 3.69. The first kappa shape index (κ1) is 11.3. The molecule has 0 aliphatic carbocycles. The van der Waals surface area contributed by atoms with Crippen LogP contribution in [-0.2, 0) is 27.2 Å². The fraction of sp³-hybridized carbons (Fsp3) is 0.636. The number of imidazole rings is 1. The van der Waals surface area contributed by atoms with Gasteiger partial charge in [-0.05, 0) is 6.92 Å². The van der Waals surface area contributed by atoms with Crippen LogP contribution in [0.2, 0.25) is 0 Å². The van der Waals surface area contributed by atoms with Gasteiger partial charge in [-0.3, -0.25) is 4.79 Å². The van der Waals surface area contributed by atoms with E-state index in [1.807, 2.05) is 17.7 Å². The quantitative estimate of drug-likeness (QED) is 0.744. The third-order valence-electron chi connectivity index (χ3n) is 2.65. The maximum Gasteiger partial charge on any atom is 0.171 e. The molecule has 88 valence electrons. The van der Waals surface area contributed by atoms with Crippen molar-refractivity contribution >= 4 is 5.78 Å². The Morgan fingerprint density at radius 2 is 2.50 bits per heavy atom. The van der Waals surface area contributed by atoms with Crippen molar-refractivity contribution in [2.75, 3.05) is 19.8 Å². The fourth-order valence-electron chi connectivity index (χ4n) is 1.74. The summed E-state index contributed by atoms with van der Waals surface area (Å²) in [6.45, 7) is 4.29. The molecular formula is C11H16N2O3. The highest BCUT2D eigenvalue weighted by atomic mass is 16.6. The summed E-state index contributed by atoms with van der Waals surface area (Å²) < 4.78 is 12.5. The summed E-state index contributed by atoms with van der Waals surface area (Å²) in [6.07, 6.45) is 3.48. The predicted octanol–water partition coefficient (Wildman–Crippen LogP) is 0.430. The number of carbonyl (C=O) groups is 1. The molecule has 1 aliphatic heterocycles. The first-order chi connectivity index (χ1) is 7.81. The van der Waals surface area contributed by atoms with Crippen LogP contribution in [0.1, 0.15) is 12.7 Å². The van der Waals surface area contributed by atoms with Crippen LogP contribution in [-0.4, -0.2) is 41.3 Å². The molecule has 1 aliphatic rings. The molecular weight excluding hydrogens is 208 g/mol. The molecule has 0 aromatic carbocycles. The Bertz CT molecular complexity index is 356. The summed E-state index contributed by atoms with van der Waals surface area (Å²) in [7, 11) is 0. The minimum atomic E-state index is -0.421. The van der Waals surface area contributed by atoms with Crippen molar-refractivity contribution in [1.82, 2.24) is 9.55 Å². The van der Waals surface area contributed by atoms with Gasteiger partial charge in [0.2, 0.25) is 0 Å². The van der Waals surface area contributed by atoms with Gasteiger partial charge >= 0.3 is 0 Å². The Morgan fingerprint density at radius 3 is 3.19 bits per heavy atom. The van der Waals surface area contributed by atoms with Gasteiger partial charge in [0.25, 0.3) is 0 Å². The van der Waals surface area contributed by atoms with E-state index in [1.165, 1.54) is 0 Å². The zero-order valence-electron chi connectivity index (χ0n) is 9.39. The highest BCUT2D eigenvalue weighted by Gasteiger charge is 2.23. The maximum absolute atomic E-state index is 11.9. The van der Waals surface area contributed by atoms with E-state index in [4.69, 9.17) is 9.47 Å². The van der Waals surface area contributed by atoms with Gasteiger partial charge in [0.15, 0.2) is 5.78 Å². The lowest BCUT2D eigenvalue weighted by molar-refractivity contribution is -0.144. The third kappa shape index (κ3) is 2.48. The molecule has 5 heteroatoms. The van der Waals surface area contributed by atoms with Gasteiger partial charge in [0, 0.05) is 18.9 Å². The minimum Gasteiger partial charge on any atom is -0.376 e. The second kappa shape index (κ2) is 5.23. The maximum atomic E-state index is 11.9. The number of carbonyl (C=O) groups excluding carboxylic acids is 1. The Morgan fingerprint density at radius 1 is 1.62 bits per heavy atom. The van der Waals surface area contributed by atoms with Gasteiger partial charge in [-0.1, -0.05) is 0 Å². The smallest absolute Gasteiger partial charge is 0.171 e. The van der Waals surface area contributed by atoms with Gasteiger partial charge in [-0.2, -0.15) is 0 Å². The van der Waals surface area contributed by atoms with Gasteiger partial charge in [0.05, 0.1) is 26.2 Å². The number of ketones is 1. The summed E-state index contributed by atoms with van der Waals surface area (Å²) >= 11 is 0. The molecule has 0 N–H and O–H groups in total. The van der Waals surface area contributed by atoms with E-state index < -0.39 is 6.10 Å². The van der Waals surface area contributed by atoms with Crippen LogP contribution in [0, 0.1) is 0 Å². The number of Topliss-reactive ketones (excluding diaryl/α,β-unsaturated/α-hetero) is 1. The summed E-state index contributed by atoms with van der Waals surface area (Å²) in [4.78, 5) is 16.0. The molecule has 0 radical (unpaired) electrons. The monoisotopic (exact) mass is 224 g/mol. The van der Waals surface area contributed by atoms with Crippen molar-refractivity contribution in [2.45, 2.75) is 26.0 Å². The average Bonchev–Trinajstić information content (AvgIpc) is 2.77. The number of nitrogens with zero attached hydrogens (tertiary/aromatic N) is 2. The van der Waals surface area contributed by atoms with Crippen molar-refractivity contribution in [2.24, 2.45) is 0 Å². The third-order valence-corrected chi connectivity index (χ3v) is 2.65. The van der Waals surface area contributed by atoms with Gasteiger partial charge in [0.1, 0.15) is 11.9 Å². The van der Waals surface area contributed by atoms with E-state index in [0.717, 1.165) is 12.4 Å². The molecule has 2 rings (SSSR count). The zero-order chi connectivity index (χ0) is 11.4. The van der Waals surface area contributed by atoms with Crippen LogP contribution in [0.3, 0.4) is 0 Å². The molecule has 1 aromatic heterocycles. The second-order valence-corrected chi connectivity index (χ2v) is 3.71. The number of hydrogen-bond donors (Lipinski definition) is 0. The molecule has 16 heavy (non-hydrogen) atoms. The standard InChI is InChI=1S/C11H16N2O3/c1-2-13-4-3-12-11(13)7-9(14)10-8-15-5-6-16-10/h3-4,10H,2,5-8H2,1H3. The van der Waals surface area contributed by atoms with Crippen molar-refractivity contribution in [1.29, 1.82) is 0 Å². The number of aromatic nitrogens is 2. The summed E-state index contributed by atoms with van der Waals surface area (Å²) in [6, 6.07) is 0. The van der Waals surface area contributed by atoms with Crippen LogP contribution in [0.15, 0.2) is 12.4 Å². The Balaban J connectivity index is 1.95. The summed E-state index contributed by atoms with van der Waals surface area (Å²) in [5, 5.41) is 0. The van der Waals surface area contributed by atoms with E-state index >= 15 is 0 Å². The number of ether oxygens (including phenoxy) is 2. The van der Waals surface area contributed by atoms with E-state index in [0.29, 0.717) is 26.2 Å². The lowest BCUT2D eigenvalue weighted by atomic mass is 10.1. The topological polar surface area (TPSA) is 53.4 Å². The molecule has 1 aromatic rings. The lowest BCUT2D eigenvalue weighted by Crippen LogP contribution is -2.36. The van der Waals surface area contributed by atoms with Gasteiger partial charge in [-0.25, -0.2) is 4.98 Å².